The minimum atomic E-state index is -0.742. The topological polar surface area (TPSA) is 77.8 Å². The number of carbonyl (C=O) groups excluding carboxylic acids is 1. The largest absolute Gasteiger partial charge is 0.481 e. The van der Waals surface area contributed by atoms with E-state index in [4.69, 9.17) is 5.11 Å². The molecular weight excluding hydrogens is 342 g/mol. The summed E-state index contributed by atoms with van der Waals surface area (Å²) < 4.78 is 0. The molecule has 0 spiro atoms. The maximum Gasteiger partial charge on any atom is 0.303 e. The van der Waals surface area contributed by atoms with E-state index in [0.717, 1.165) is 44.2 Å². The number of carboxylic acid groups (broad SMARTS) is 1. The van der Waals surface area contributed by atoms with Crippen LogP contribution < -0.4 is 0 Å². The van der Waals surface area contributed by atoms with Crippen molar-refractivity contribution in [3.8, 4) is 0 Å². The molecule has 0 radical (unpaired) electrons. The van der Waals surface area contributed by atoms with Gasteiger partial charge >= 0.3 is 5.97 Å². The highest BCUT2D eigenvalue weighted by Crippen LogP contribution is 2.24. The van der Waals surface area contributed by atoms with Crippen molar-refractivity contribution in [2.75, 3.05) is 6.54 Å². The second kappa shape index (κ2) is 11.1. The standard InChI is InChI=1S/C22H33NO4/c1-17-7-6-8-18(15-17)16-20(24)12-10-19-11-13-21(25)23(19)14-5-3-2-4-9-22(26)27/h6-8,15,19-20,24H,2-5,9-14,16H2,1H3,(H,26,27)/t19-,20+/m0/s1. The Hall–Kier alpha value is -1.88. The number of aryl methyl sites for hydroxylation is 1. The Morgan fingerprint density at radius 2 is 2.04 bits per heavy atom. The van der Waals surface area contributed by atoms with Crippen molar-refractivity contribution >= 4 is 11.9 Å². The lowest BCUT2D eigenvalue weighted by molar-refractivity contribution is -0.137. The Morgan fingerprint density at radius 3 is 2.78 bits per heavy atom. The van der Waals surface area contributed by atoms with Gasteiger partial charge in [0.15, 0.2) is 0 Å². The zero-order chi connectivity index (χ0) is 19.6. The maximum absolute atomic E-state index is 12.2. The summed E-state index contributed by atoms with van der Waals surface area (Å²) in [5.41, 5.74) is 2.36. The summed E-state index contributed by atoms with van der Waals surface area (Å²) in [6.07, 6.45) is 7.04. The number of benzene rings is 1. The molecule has 5 nitrogen and oxygen atoms in total. The van der Waals surface area contributed by atoms with Gasteiger partial charge in [0.25, 0.3) is 0 Å². The molecule has 0 saturated carbocycles. The van der Waals surface area contributed by atoms with Crippen molar-refractivity contribution in [2.45, 2.75) is 83.3 Å². The van der Waals surface area contributed by atoms with Gasteiger partial charge in [0.2, 0.25) is 5.91 Å². The molecule has 1 heterocycles. The third-order valence-electron chi connectivity index (χ3n) is 5.38. The van der Waals surface area contributed by atoms with Crippen molar-refractivity contribution in [1.82, 2.24) is 4.90 Å². The Bertz CT molecular complexity index is 616. The Labute approximate surface area is 162 Å². The van der Waals surface area contributed by atoms with Crippen LogP contribution in [-0.2, 0) is 16.0 Å². The number of likely N-dealkylation sites (tertiary alicyclic amines) is 1. The lowest BCUT2D eigenvalue weighted by atomic mass is 9.99. The van der Waals surface area contributed by atoms with Crippen molar-refractivity contribution in [2.24, 2.45) is 0 Å². The van der Waals surface area contributed by atoms with E-state index in [1.807, 2.05) is 17.0 Å². The fraction of sp³-hybridized carbons (Fsp3) is 0.636. The van der Waals surface area contributed by atoms with Crippen molar-refractivity contribution in [3.63, 3.8) is 0 Å². The average molecular weight is 376 g/mol. The first-order valence-electron chi connectivity index (χ1n) is 10.2. The molecule has 1 amide bonds. The number of unbranched alkanes of at least 4 members (excludes halogenated alkanes) is 3. The minimum absolute atomic E-state index is 0.221. The van der Waals surface area contributed by atoms with Crippen LogP contribution in [0, 0.1) is 6.92 Å². The molecule has 1 aliphatic heterocycles. The summed E-state index contributed by atoms with van der Waals surface area (Å²) in [6, 6.07) is 8.47. The van der Waals surface area contributed by atoms with Crippen LogP contribution in [0.25, 0.3) is 0 Å². The SMILES string of the molecule is Cc1cccc(C[C@H](O)CC[C@H]2CCC(=O)N2CCCCCCC(=O)O)c1. The number of hydrogen-bond donors (Lipinski definition) is 2. The number of aliphatic carboxylic acids is 1. The van der Waals surface area contributed by atoms with Gasteiger partial charge in [-0.2, -0.15) is 0 Å². The molecule has 1 aromatic carbocycles. The molecule has 2 rings (SSSR count). The number of aliphatic hydroxyl groups excluding tert-OH is 1. The number of hydrogen-bond acceptors (Lipinski definition) is 3. The molecule has 1 saturated heterocycles. The fourth-order valence-electron chi connectivity index (χ4n) is 3.91. The summed E-state index contributed by atoms with van der Waals surface area (Å²) in [4.78, 5) is 24.6. The number of carboxylic acids is 1. The third kappa shape index (κ3) is 7.71. The van der Waals surface area contributed by atoms with Gasteiger partial charge in [-0.15, -0.1) is 0 Å². The first kappa shape index (κ1) is 21.4. The lowest BCUT2D eigenvalue weighted by Crippen LogP contribution is -2.34. The second-order valence-corrected chi connectivity index (χ2v) is 7.76. The van der Waals surface area contributed by atoms with Crippen LogP contribution >= 0.6 is 0 Å². The molecule has 1 aromatic rings. The third-order valence-corrected chi connectivity index (χ3v) is 5.38. The molecule has 0 aliphatic carbocycles. The summed E-state index contributed by atoms with van der Waals surface area (Å²) in [5.74, 6) is -0.521. The highest BCUT2D eigenvalue weighted by molar-refractivity contribution is 5.78. The van der Waals surface area contributed by atoms with Crippen LogP contribution in [0.2, 0.25) is 0 Å². The van der Waals surface area contributed by atoms with Crippen LogP contribution in [0.4, 0.5) is 0 Å². The number of amides is 1. The minimum Gasteiger partial charge on any atom is -0.481 e. The first-order valence-corrected chi connectivity index (χ1v) is 10.2. The summed E-state index contributed by atoms with van der Waals surface area (Å²) >= 11 is 0. The maximum atomic E-state index is 12.2. The van der Waals surface area contributed by atoms with Crippen LogP contribution in [0.3, 0.4) is 0 Å². The van der Waals surface area contributed by atoms with Gasteiger partial charge in [0, 0.05) is 25.4 Å². The molecule has 0 unspecified atom stereocenters. The van der Waals surface area contributed by atoms with Gasteiger partial charge in [-0.05, 0) is 51.0 Å². The second-order valence-electron chi connectivity index (χ2n) is 7.76. The van der Waals surface area contributed by atoms with Crippen LogP contribution in [0.5, 0.6) is 0 Å². The predicted molar refractivity (Wildman–Crippen MR) is 106 cm³/mol. The van der Waals surface area contributed by atoms with Crippen LogP contribution in [-0.4, -0.2) is 45.7 Å². The molecule has 5 heteroatoms. The van der Waals surface area contributed by atoms with E-state index in [0.29, 0.717) is 25.7 Å². The zero-order valence-corrected chi connectivity index (χ0v) is 16.4. The van der Waals surface area contributed by atoms with E-state index >= 15 is 0 Å². The fourth-order valence-corrected chi connectivity index (χ4v) is 3.91. The van der Waals surface area contributed by atoms with Gasteiger partial charge in [-0.3, -0.25) is 9.59 Å². The summed E-state index contributed by atoms with van der Waals surface area (Å²) in [7, 11) is 0. The van der Waals surface area contributed by atoms with Crippen molar-refractivity contribution in [1.29, 1.82) is 0 Å². The Balaban J connectivity index is 1.69. The van der Waals surface area contributed by atoms with Crippen LogP contribution in [0.15, 0.2) is 24.3 Å². The smallest absolute Gasteiger partial charge is 0.303 e. The lowest BCUT2D eigenvalue weighted by Gasteiger charge is -2.26. The molecule has 27 heavy (non-hydrogen) atoms. The highest BCUT2D eigenvalue weighted by atomic mass is 16.4. The quantitative estimate of drug-likeness (QED) is 0.546. The van der Waals surface area contributed by atoms with Gasteiger partial charge < -0.3 is 15.1 Å². The molecule has 150 valence electrons. The molecule has 0 aromatic heterocycles. The molecular formula is C22H33NO4. The van der Waals surface area contributed by atoms with Gasteiger partial charge in [-0.25, -0.2) is 0 Å². The van der Waals surface area contributed by atoms with E-state index in [2.05, 4.69) is 19.1 Å². The van der Waals surface area contributed by atoms with E-state index in [1.54, 1.807) is 0 Å². The molecule has 2 atom stereocenters. The highest BCUT2D eigenvalue weighted by Gasteiger charge is 2.30. The Morgan fingerprint density at radius 1 is 1.26 bits per heavy atom. The normalized spacial score (nSPS) is 18.1. The summed E-state index contributed by atoms with van der Waals surface area (Å²) in [5, 5.41) is 19.0. The van der Waals surface area contributed by atoms with E-state index in [1.165, 1.54) is 5.56 Å². The molecule has 1 fully saturated rings. The average Bonchev–Trinajstić information content (AvgIpc) is 2.96. The van der Waals surface area contributed by atoms with E-state index in [-0.39, 0.29) is 24.5 Å². The molecule has 2 N–H and O–H groups in total. The molecule has 1 aliphatic rings. The summed E-state index contributed by atoms with van der Waals surface area (Å²) in [6.45, 7) is 2.81. The van der Waals surface area contributed by atoms with Crippen molar-refractivity contribution in [3.05, 3.63) is 35.4 Å². The first-order chi connectivity index (χ1) is 13.0. The molecule has 0 bridgehead atoms. The Kier molecular flexibility index (Phi) is 8.79. The van der Waals surface area contributed by atoms with Gasteiger partial charge in [0.05, 0.1) is 6.10 Å². The number of nitrogens with zero attached hydrogens (tertiary/aromatic N) is 1. The van der Waals surface area contributed by atoms with E-state index in [9.17, 15) is 14.7 Å². The van der Waals surface area contributed by atoms with Gasteiger partial charge in [0.1, 0.15) is 0 Å². The van der Waals surface area contributed by atoms with E-state index < -0.39 is 5.97 Å². The number of rotatable bonds is 12. The van der Waals surface area contributed by atoms with Crippen molar-refractivity contribution < 1.29 is 19.8 Å². The predicted octanol–water partition coefficient (Wildman–Crippen LogP) is 3.70. The number of aliphatic hydroxyl groups is 1. The van der Waals surface area contributed by atoms with Gasteiger partial charge in [-0.1, -0.05) is 42.7 Å². The number of carbonyl (C=O) groups is 2. The zero-order valence-electron chi connectivity index (χ0n) is 16.4. The van der Waals surface area contributed by atoms with Crippen LogP contribution in [0.1, 0.15) is 68.9 Å². The monoisotopic (exact) mass is 375 g/mol.